The fraction of sp³-hybridized carbons (Fsp3) is 0.571. The van der Waals surface area contributed by atoms with Gasteiger partial charge in [0.25, 0.3) is 5.56 Å². The fourth-order valence-electron chi connectivity index (χ4n) is 2.04. The van der Waals surface area contributed by atoms with Crippen LogP contribution in [0.4, 0.5) is 5.13 Å². The number of carbonyl (C=O) groups excluding carboxylic acids is 1. The minimum Gasteiger partial charge on any atom is -0.352 e. The minimum atomic E-state index is -0.184. The van der Waals surface area contributed by atoms with Gasteiger partial charge in [-0.3, -0.25) is 9.59 Å². The van der Waals surface area contributed by atoms with E-state index in [-0.39, 0.29) is 24.1 Å². The van der Waals surface area contributed by atoms with Gasteiger partial charge in [0.05, 0.1) is 6.54 Å². The molecule has 0 saturated carbocycles. The highest BCUT2D eigenvalue weighted by Gasteiger charge is 2.14. The third kappa shape index (κ3) is 3.82. The monoisotopic (exact) mass is 323 g/mol. The molecule has 0 aromatic carbocycles. The SMILES string of the molecule is CCCc1cc(=O)n2nc(N(C)CC(=O)NC(C)C)sc2n1. The van der Waals surface area contributed by atoms with Crippen LogP contribution in [0.2, 0.25) is 0 Å². The Kier molecular flexibility index (Phi) is 5.12. The molecule has 2 aromatic heterocycles. The maximum Gasteiger partial charge on any atom is 0.275 e. The second-order valence-electron chi connectivity index (χ2n) is 5.49. The van der Waals surface area contributed by atoms with Crippen LogP contribution in [0.5, 0.6) is 0 Å². The van der Waals surface area contributed by atoms with Gasteiger partial charge >= 0.3 is 0 Å². The van der Waals surface area contributed by atoms with Crippen LogP contribution in [0.15, 0.2) is 10.9 Å². The van der Waals surface area contributed by atoms with Crippen LogP contribution in [0.1, 0.15) is 32.9 Å². The van der Waals surface area contributed by atoms with Gasteiger partial charge in [-0.2, -0.15) is 4.52 Å². The fourth-order valence-corrected chi connectivity index (χ4v) is 2.92. The molecule has 2 aromatic rings. The zero-order valence-corrected chi connectivity index (χ0v) is 14.1. The summed E-state index contributed by atoms with van der Waals surface area (Å²) in [4.78, 5) is 30.6. The largest absolute Gasteiger partial charge is 0.352 e. The summed E-state index contributed by atoms with van der Waals surface area (Å²) in [5, 5.41) is 7.67. The molecule has 0 fully saturated rings. The molecule has 1 N–H and O–H groups in total. The molecule has 2 rings (SSSR count). The molecule has 120 valence electrons. The van der Waals surface area contributed by atoms with Crippen LogP contribution in [0.3, 0.4) is 0 Å². The van der Waals surface area contributed by atoms with E-state index in [1.54, 1.807) is 11.9 Å². The highest BCUT2D eigenvalue weighted by atomic mass is 32.1. The van der Waals surface area contributed by atoms with Gasteiger partial charge in [-0.05, 0) is 20.3 Å². The van der Waals surface area contributed by atoms with Crippen molar-refractivity contribution in [3.8, 4) is 0 Å². The first-order valence-corrected chi connectivity index (χ1v) is 8.12. The number of fused-ring (bicyclic) bond motifs is 1. The zero-order chi connectivity index (χ0) is 16.3. The minimum absolute atomic E-state index is 0.0799. The predicted molar refractivity (Wildman–Crippen MR) is 87.7 cm³/mol. The predicted octanol–water partition coefficient (Wildman–Crippen LogP) is 1.06. The summed E-state index contributed by atoms with van der Waals surface area (Å²) in [6.07, 6.45) is 1.70. The number of carbonyl (C=O) groups is 1. The van der Waals surface area contributed by atoms with Crippen molar-refractivity contribution in [1.29, 1.82) is 0 Å². The van der Waals surface area contributed by atoms with E-state index in [0.717, 1.165) is 18.5 Å². The Morgan fingerprint density at radius 1 is 1.50 bits per heavy atom. The van der Waals surface area contributed by atoms with E-state index in [4.69, 9.17) is 0 Å². The molecule has 7 nitrogen and oxygen atoms in total. The summed E-state index contributed by atoms with van der Waals surface area (Å²) in [5.74, 6) is -0.0799. The number of aryl methyl sites for hydroxylation is 1. The third-order valence-electron chi connectivity index (χ3n) is 2.95. The number of aromatic nitrogens is 3. The quantitative estimate of drug-likeness (QED) is 0.860. The van der Waals surface area contributed by atoms with Crippen molar-refractivity contribution in [2.45, 2.75) is 39.7 Å². The number of nitrogens with one attached hydrogen (secondary N) is 1. The number of nitrogens with zero attached hydrogens (tertiary/aromatic N) is 4. The Hall–Kier alpha value is -1.96. The molecule has 0 saturated heterocycles. The van der Waals surface area contributed by atoms with Crippen LogP contribution in [-0.2, 0) is 11.2 Å². The molecule has 2 heterocycles. The van der Waals surface area contributed by atoms with E-state index < -0.39 is 0 Å². The Morgan fingerprint density at radius 2 is 2.23 bits per heavy atom. The first-order valence-electron chi connectivity index (χ1n) is 7.31. The normalized spacial score (nSPS) is 11.1. The van der Waals surface area contributed by atoms with Gasteiger partial charge in [0.15, 0.2) is 0 Å². The van der Waals surface area contributed by atoms with Gasteiger partial charge in [-0.15, -0.1) is 5.10 Å². The lowest BCUT2D eigenvalue weighted by molar-refractivity contribution is -0.120. The van der Waals surface area contributed by atoms with Gasteiger partial charge in [-0.25, -0.2) is 4.98 Å². The average molecular weight is 323 g/mol. The lowest BCUT2D eigenvalue weighted by atomic mass is 10.2. The molecule has 22 heavy (non-hydrogen) atoms. The average Bonchev–Trinajstić information content (AvgIpc) is 2.82. The van der Waals surface area contributed by atoms with Crippen molar-refractivity contribution in [3.63, 3.8) is 0 Å². The van der Waals surface area contributed by atoms with Crippen LogP contribution in [0.25, 0.3) is 4.96 Å². The molecule has 0 spiro atoms. The highest BCUT2D eigenvalue weighted by molar-refractivity contribution is 7.20. The molecule has 0 atom stereocenters. The lowest BCUT2D eigenvalue weighted by Crippen LogP contribution is -2.38. The van der Waals surface area contributed by atoms with Gasteiger partial charge in [0.1, 0.15) is 0 Å². The molecule has 0 unspecified atom stereocenters. The zero-order valence-electron chi connectivity index (χ0n) is 13.3. The second kappa shape index (κ2) is 6.87. The summed E-state index contributed by atoms with van der Waals surface area (Å²) < 4.78 is 1.29. The molecule has 1 amide bonds. The van der Waals surface area contributed by atoms with Gasteiger partial charge in [0.2, 0.25) is 16.0 Å². The standard InChI is InChI=1S/C14H21N5O2S/c1-5-6-10-7-12(21)19-13(16-10)22-14(17-19)18(4)8-11(20)15-9(2)3/h7,9H,5-6,8H2,1-4H3,(H,15,20). The number of anilines is 1. The summed E-state index contributed by atoms with van der Waals surface area (Å²) in [7, 11) is 1.77. The number of rotatable bonds is 6. The van der Waals surface area contributed by atoms with Gasteiger partial charge < -0.3 is 10.2 Å². The first kappa shape index (κ1) is 16.4. The van der Waals surface area contributed by atoms with Crippen molar-refractivity contribution in [1.82, 2.24) is 19.9 Å². The van der Waals surface area contributed by atoms with Crippen LogP contribution in [-0.4, -0.2) is 40.1 Å². The Bertz CT molecular complexity index is 722. The lowest BCUT2D eigenvalue weighted by Gasteiger charge is -2.15. The van der Waals surface area contributed by atoms with E-state index >= 15 is 0 Å². The summed E-state index contributed by atoms with van der Waals surface area (Å²) in [5.41, 5.74) is 0.596. The first-order chi connectivity index (χ1) is 10.4. The second-order valence-corrected chi connectivity index (χ2v) is 6.43. The number of likely N-dealkylation sites (N-methyl/N-ethyl adjacent to an activating group) is 1. The summed E-state index contributed by atoms with van der Waals surface area (Å²) >= 11 is 1.31. The summed E-state index contributed by atoms with van der Waals surface area (Å²) in [6, 6.07) is 1.61. The maximum absolute atomic E-state index is 12.0. The van der Waals surface area contributed by atoms with E-state index in [1.807, 2.05) is 20.8 Å². The topological polar surface area (TPSA) is 79.6 Å². The van der Waals surface area contributed by atoms with Crippen molar-refractivity contribution < 1.29 is 4.79 Å². The Balaban J connectivity index is 2.23. The molecule has 8 heteroatoms. The molecule has 0 aliphatic rings. The third-order valence-corrected chi connectivity index (χ3v) is 3.97. The van der Waals surface area contributed by atoms with Crippen molar-refractivity contribution in [3.05, 3.63) is 22.1 Å². The number of hydrogen-bond acceptors (Lipinski definition) is 6. The maximum atomic E-state index is 12.0. The summed E-state index contributed by atoms with van der Waals surface area (Å²) in [6.45, 7) is 6.06. The smallest absolute Gasteiger partial charge is 0.275 e. The molecular weight excluding hydrogens is 302 g/mol. The molecule has 0 radical (unpaired) electrons. The van der Waals surface area contributed by atoms with E-state index in [2.05, 4.69) is 15.4 Å². The molecule has 0 aliphatic heterocycles. The van der Waals surface area contributed by atoms with Crippen molar-refractivity contribution >= 4 is 27.3 Å². The highest BCUT2D eigenvalue weighted by Crippen LogP contribution is 2.20. The van der Waals surface area contributed by atoms with E-state index in [1.165, 1.54) is 21.9 Å². The van der Waals surface area contributed by atoms with E-state index in [9.17, 15) is 9.59 Å². The molecule has 0 aliphatic carbocycles. The van der Waals surface area contributed by atoms with Crippen LogP contribution < -0.4 is 15.8 Å². The Labute approximate surface area is 133 Å². The number of amides is 1. The van der Waals surface area contributed by atoms with E-state index in [0.29, 0.717) is 10.1 Å². The van der Waals surface area contributed by atoms with Crippen molar-refractivity contribution in [2.75, 3.05) is 18.5 Å². The molecule has 0 bridgehead atoms. The van der Waals surface area contributed by atoms with Crippen LogP contribution in [0, 0.1) is 0 Å². The molecular formula is C14H21N5O2S. The number of hydrogen-bond donors (Lipinski definition) is 1. The van der Waals surface area contributed by atoms with Gasteiger partial charge in [-0.1, -0.05) is 24.7 Å². The Morgan fingerprint density at radius 3 is 2.86 bits per heavy atom. The van der Waals surface area contributed by atoms with Crippen molar-refractivity contribution in [2.24, 2.45) is 0 Å². The van der Waals surface area contributed by atoms with Gasteiger partial charge in [0, 0.05) is 24.8 Å². The van der Waals surface area contributed by atoms with Crippen LogP contribution >= 0.6 is 11.3 Å².